The van der Waals surface area contributed by atoms with Crippen molar-refractivity contribution >= 4 is 17.4 Å². The highest BCUT2D eigenvalue weighted by molar-refractivity contribution is 6.17. The van der Waals surface area contributed by atoms with Gasteiger partial charge in [-0.3, -0.25) is 4.79 Å². The second kappa shape index (κ2) is 5.19. The summed E-state index contributed by atoms with van der Waals surface area (Å²) in [7, 11) is 0. The van der Waals surface area contributed by atoms with Crippen molar-refractivity contribution in [2.45, 2.75) is 32.3 Å². The summed E-state index contributed by atoms with van der Waals surface area (Å²) >= 11 is 5.59. The molecule has 0 radical (unpaired) electrons. The van der Waals surface area contributed by atoms with E-state index in [0.29, 0.717) is 36.0 Å². The Kier molecular flexibility index (Phi) is 3.81. The fourth-order valence-corrected chi connectivity index (χ4v) is 2.08. The third-order valence-electron chi connectivity index (χ3n) is 2.77. The van der Waals surface area contributed by atoms with Crippen LogP contribution < -0.4 is 9.47 Å². The van der Waals surface area contributed by atoms with Crippen molar-refractivity contribution in [3.05, 3.63) is 23.8 Å². The highest BCUT2D eigenvalue weighted by Gasteiger charge is 2.32. The summed E-state index contributed by atoms with van der Waals surface area (Å²) in [4.78, 5) is 11.9. The SMILES string of the molecule is CC1(C)CC(=O)c2ccc(OCCCCl)cc2O1. The van der Waals surface area contributed by atoms with Crippen molar-refractivity contribution in [2.24, 2.45) is 0 Å². The lowest BCUT2D eigenvalue weighted by Crippen LogP contribution is -2.35. The van der Waals surface area contributed by atoms with E-state index < -0.39 is 5.60 Å². The highest BCUT2D eigenvalue weighted by atomic mass is 35.5. The molecule has 1 aliphatic rings. The number of hydrogen-bond acceptors (Lipinski definition) is 3. The Morgan fingerprint density at radius 3 is 2.94 bits per heavy atom. The highest BCUT2D eigenvalue weighted by Crippen LogP contribution is 2.35. The maximum atomic E-state index is 11.9. The molecule has 0 spiro atoms. The zero-order valence-electron chi connectivity index (χ0n) is 10.7. The molecule has 0 aromatic heterocycles. The molecule has 0 bridgehead atoms. The number of carbonyl (C=O) groups excluding carboxylic acids is 1. The van der Waals surface area contributed by atoms with E-state index in [0.717, 1.165) is 6.42 Å². The monoisotopic (exact) mass is 268 g/mol. The minimum Gasteiger partial charge on any atom is -0.493 e. The topological polar surface area (TPSA) is 35.5 Å². The lowest BCUT2D eigenvalue weighted by molar-refractivity contribution is 0.0618. The molecule has 0 atom stereocenters. The second-order valence-corrected chi connectivity index (χ2v) is 5.39. The number of ether oxygens (including phenoxy) is 2. The number of alkyl halides is 1. The summed E-state index contributed by atoms with van der Waals surface area (Å²) in [6.45, 7) is 4.39. The molecule has 0 fully saturated rings. The van der Waals surface area contributed by atoms with Crippen molar-refractivity contribution < 1.29 is 14.3 Å². The van der Waals surface area contributed by atoms with Gasteiger partial charge < -0.3 is 9.47 Å². The van der Waals surface area contributed by atoms with Crippen molar-refractivity contribution in [3.63, 3.8) is 0 Å². The Morgan fingerprint density at radius 2 is 2.22 bits per heavy atom. The van der Waals surface area contributed by atoms with Crippen LogP contribution in [0.1, 0.15) is 37.0 Å². The Balaban J connectivity index is 2.18. The molecule has 3 nitrogen and oxygen atoms in total. The molecular formula is C14H17ClO3. The molecule has 0 saturated carbocycles. The van der Waals surface area contributed by atoms with Gasteiger partial charge in [-0.15, -0.1) is 11.6 Å². The summed E-state index contributed by atoms with van der Waals surface area (Å²) in [6, 6.07) is 5.35. The average Bonchev–Trinajstić information content (AvgIpc) is 2.27. The molecule has 0 aliphatic carbocycles. The van der Waals surface area contributed by atoms with Gasteiger partial charge in [-0.25, -0.2) is 0 Å². The Hall–Kier alpha value is -1.22. The average molecular weight is 269 g/mol. The van der Waals surface area contributed by atoms with Gasteiger partial charge in [0.05, 0.1) is 18.6 Å². The minimum absolute atomic E-state index is 0.119. The Labute approximate surface area is 112 Å². The fourth-order valence-electron chi connectivity index (χ4n) is 1.97. The minimum atomic E-state index is -0.446. The van der Waals surface area contributed by atoms with Crippen LogP contribution in [0.3, 0.4) is 0 Å². The summed E-state index contributed by atoms with van der Waals surface area (Å²) in [5, 5.41) is 0. The third kappa shape index (κ3) is 2.96. The largest absolute Gasteiger partial charge is 0.493 e. The number of Topliss-reactive ketones (excluding diaryl/α,β-unsaturated/α-hetero) is 1. The van der Waals surface area contributed by atoms with E-state index in [1.54, 1.807) is 18.2 Å². The first-order valence-corrected chi connectivity index (χ1v) is 6.60. The molecule has 98 valence electrons. The van der Waals surface area contributed by atoms with Crippen LogP contribution in [0.15, 0.2) is 18.2 Å². The van der Waals surface area contributed by atoms with Gasteiger partial charge >= 0.3 is 0 Å². The molecule has 1 aromatic rings. The third-order valence-corrected chi connectivity index (χ3v) is 3.04. The van der Waals surface area contributed by atoms with Crippen LogP contribution in [-0.4, -0.2) is 23.9 Å². The van der Waals surface area contributed by atoms with Gasteiger partial charge in [-0.2, -0.15) is 0 Å². The number of halogens is 1. The summed E-state index contributed by atoms with van der Waals surface area (Å²) < 4.78 is 11.3. The number of carbonyl (C=O) groups is 1. The van der Waals surface area contributed by atoms with E-state index in [9.17, 15) is 4.79 Å². The van der Waals surface area contributed by atoms with Crippen LogP contribution in [0, 0.1) is 0 Å². The van der Waals surface area contributed by atoms with Gasteiger partial charge in [-0.1, -0.05) is 0 Å². The molecule has 0 unspecified atom stereocenters. The normalized spacial score (nSPS) is 16.9. The van der Waals surface area contributed by atoms with Gasteiger partial charge in [0, 0.05) is 11.9 Å². The summed E-state index contributed by atoms with van der Waals surface area (Å²) in [5.74, 6) is 2.02. The summed E-state index contributed by atoms with van der Waals surface area (Å²) in [6.07, 6.45) is 1.20. The molecule has 1 heterocycles. The molecule has 1 aromatic carbocycles. The molecule has 1 aliphatic heterocycles. The van der Waals surface area contributed by atoms with Gasteiger partial charge in [0.25, 0.3) is 0 Å². The zero-order chi connectivity index (χ0) is 13.2. The maximum Gasteiger partial charge on any atom is 0.170 e. The zero-order valence-corrected chi connectivity index (χ0v) is 11.4. The maximum absolute atomic E-state index is 11.9. The van der Waals surface area contributed by atoms with Crippen LogP contribution in [0.25, 0.3) is 0 Å². The van der Waals surface area contributed by atoms with Crippen molar-refractivity contribution in [1.82, 2.24) is 0 Å². The van der Waals surface area contributed by atoms with Crippen molar-refractivity contribution in [1.29, 1.82) is 0 Å². The van der Waals surface area contributed by atoms with Crippen molar-refractivity contribution in [3.8, 4) is 11.5 Å². The standard InChI is InChI=1S/C14H17ClO3/c1-14(2)9-12(16)11-5-4-10(8-13(11)18-14)17-7-3-6-15/h4-5,8H,3,6-7,9H2,1-2H3. The number of ketones is 1. The van der Waals surface area contributed by atoms with Crippen LogP contribution in [-0.2, 0) is 0 Å². The number of rotatable bonds is 4. The van der Waals surface area contributed by atoms with Gasteiger partial charge in [0.1, 0.15) is 17.1 Å². The second-order valence-electron chi connectivity index (χ2n) is 5.01. The first kappa shape index (κ1) is 13.2. The molecule has 4 heteroatoms. The summed E-state index contributed by atoms with van der Waals surface area (Å²) in [5.41, 5.74) is 0.192. The number of fused-ring (bicyclic) bond motifs is 1. The van der Waals surface area contributed by atoms with E-state index >= 15 is 0 Å². The van der Waals surface area contributed by atoms with Crippen LogP contribution in [0.4, 0.5) is 0 Å². The molecule has 0 amide bonds. The van der Waals surface area contributed by atoms with Crippen molar-refractivity contribution in [2.75, 3.05) is 12.5 Å². The van der Waals surface area contributed by atoms with E-state index in [1.165, 1.54) is 0 Å². The Morgan fingerprint density at radius 1 is 1.44 bits per heavy atom. The van der Waals surface area contributed by atoms with Gasteiger partial charge in [0.15, 0.2) is 5.78 Å². The van der Waals surface area contributed by atoms with Gasteiger partial charge in [0.2, 0.25) is 0 Å². The first-order chi connectivity index (χ1) is 8.52. The van der Waals surface area contributed by atoms with Gasteiger partial charge in [-0.05, 0) is 32.4 Å². The lowest BCUT2D eigenvalue weighted by Gasteiger charge is -2.31. The molecule has 2 rings (SSSR count). The van der Waals surface area contributed by atoms with Crippen LogP contribution >= 0.6 is 11.6 Å². The Bertz CT molecular complexity index is 454. The molecular weight excluding hydrogens is 252 g/mol. The first-order valence-electron chi connectivity index (χ1n) is 6.07. The lowest BCUT2D eigenvalue weighted by atomic mass is 9.93. The molecule has 18 heavy (non-hydrogen) atoms. The van der Waals surface area contributed by atoms with Crippen LogP contribution in [0.5, 0.6) is 11.5 Å². The van der Waals surface area contributed by atoms with E-state index in [4.69, 9.17) is 21.1 Å². The predicted octanol–water partition coefficient (Wildman–Crippen LogP) is 3.44. The molecule has 0 N–H and O–H groups in total. The van der Waals surface area contributed by atoms with E-state index in [2.05, 4.69) is 0 Å². The van der Waals surface area contributed by atoms with E-state index in [1.807, 2.05) is 13.8 Å². The van der Waals surface area contributed by atoms with Crippen LogP contribution in [0.2, 0.25) is 0 Å². The quantitative estimate of drug-likeness (QED) is 0.620. The smallest absolute Gasteiger partial charge is 0.170 e. The molecule has 0 saturated heterocycles. The number of hydrogen-bond donors (Lipinski definition) is 0. The number of benzene rings is 1. The predicted molar refractivity (Wildman–Crippen MR) is 70.9 cm³/mol. The van der Waals surface area contributed by atoms with E-state index in [-0.39, 0.29) is 5.78 Å². The fraction of sp³-hybridized carbons (Fsp3) is 0.500.